The second kappa shape index (κ2) is 6.99. The largest absolute Gasteiger partial charge is 0.367 e. The molecule has 0 aromatic heterocycles. The third-order valence-electron chi connectivity index (χ3n) is 4.45. The lowest BCUT2D eigenvalue weighted by molar-refractivity contribution is 0.139. The molecule has 2 rings (SSSR count). The average Bonchev–Trinajstić information content (AvgIpc) is 2.42. The number of likely N-dealkylation sites (N-methyl/N-ethyl adjacent to an activating group) is 1. The van der Waals surface area contributed by atoms with Crippen LogP contribution in [0.15, 0.2) is 18.2 Å². The average molecular weight is 310 g/mol. The Morgan fingerprint density at radius 3 is 2.71 bits per heavy atom. The number of nitrogens with one attached hydrogen (secondary N) is 1. The first-order valence-electron chi connectivity index (χ1n) is 7.90. The first kappa shape index (κ1) is 16.6. The van der Waals surface area contributed by atoms with Crippen molar-refractivity contribution in [2.75, 3.05) is 38.1 Å². The lowest BCUT2D eigenvalue weighted by Gasteiger charge is -2.47. The summed E-state index contributed by atoms with van der Waals surface area (Å²) in [7, 11) is 2.20. The van der Waals surface area contributed by atoms with Crippen LogP contribution in [0.25, 0.3) is 0 Å². The van der Waals surface area contributed by atoms with E-state index in [9.17, 15) is 0 Å². The highest BCUT2D eigenvalue weighted by Crippen LogP contribution is 2.33. The third-order valence-corrected chi connectivity index (χ3v) is 4.75. The van der Waals surface area contributed by atoms with Crippen LogP contribution in [0.2, 0.25) is 5.02 Å². The molecule has 1 fully saturated rings. The van der Waals surface area contributed by atoms with Gasteiger partial charge in [0.25, 0.3) is 0 Å². The molecule has 0 saturated carbocycles. The van der Waals surface area contributed by atoms with Gasteiger partial charge in [0.2, 0.25) is 0 Å². The highest BCUT2D eigenvalue weighted by atomic mass is 35.5. The number of nitrogens with zero attached hydrogens (tertiary/aromatic N) is 2. The van der Waals surface area contributed by atoms with E-state index in [1.54, 1.807) is 0 Å². The van der Waals surface area contributed by atoms with E-state index < -0.39 is 0 Å². The summed E-state index contributed by atoms with van der Waals surface area (Å²) in [5.41, 5.74) is 2.69. The Bertz CT molecular complexity index is 473. The molecule has 0 atom stereocenters. The summed E-state index contributed by atoms with van der Waals surface area (Å²) in [6, 6.07) is 6.25. The number of benzene rings is 1. The minimum atomic E-state index is 0.172. The molecule has 0 bridgehead atoms. The number of halogens is 1. The molecule has 0 radical (unpaired) electrons. The first-order valence-corrected chi connectivity index (χ1v) is 8.28. The van der Waals surface area contributed by atoms with Crippen LogP contribution in [0, 0.1) is 0 Å². The zero-order valence-electron chi connectivity index (χ0n) is 13.7. The van der Waals surface area contributed by atoms with Gasteiger partial charge < -0.3 is 10.2 Å². The van der Waals surface area contributed by atoms with Gasteiger partial charge in [0.15, 0.2) is 0 Å². The number of anilines is 1. The number of hydrogen-bond acceptors (Lipinski definition) is 3. The zero-order valence-corrected chi connectivity index (χ0v) is 14.5. The van der Waals surface area contributed by atoms with Crippen molar-refractivity contribution < 1.29 is 0 Å². The van der Waals surface area contributed by atoms with Crippen molar-refractivity contribution in [1.29, 1.82) is 0 Å². The van der Waals surface area contributed by atoms with Gasteiger partial charge in [-0.05, 0) is 45.5 Å². The highest BCUT2D eigenvalue weighted by Gasteiger charge is 2.32. The van der Waals surface area contributed by atoms with Crippen LogP contribution in [0.5, 0.6) is 0 Å². The molecule has 0 unspecified atom stereocenters. The molecule has 0 spiro atoms. The highest BCUT2D eigenvalue weighted by molar-refractivity contribution is 6.33. The fourth-order valence-corrected chi connectivity index (χ4v) is 3.20. The summed E-state index contributed by atoms with van der Waals surface area (Å²) in [6.07, 6.45) is 1.15. The van der Waals surface area contributed by atoms with Crippen LogP contribution in [0.3, 0.4) is 0 Å². The molecule has 1 aromatic carbocycles. The van der Waals surface area contributed by atoms with Crippen LogP contribution in [-0.4, -0.2) is 43.7 Å². The van der Waals surface area contributed by atoms with Gasteiger partial charge >= 0.3 is 0 Å². The van der Waals surface area contributed by atoms with Crippen molar-refractivity contribution in [2.45, 2.75) is 39.3 Å². The Morgan fingerprint density at radius 2 is 2.05 bits per heavy atom. The van der Waals surface area contributed by atoms with E-state index in [2.05, 4.69) is 55.1 Å². The van der Waals surface area contributed by atoms with E-state index in [0.717, 1.165) is 44.2 Å². The molecule has 118 valence electrons. The zero-order chi connectivity index (χ0) is 15.5. The summed E-state index contributed by atoms with van der Waals surface area (Å²) < 4.78 is 0. The fourth-order valence-electron chi connectivity index (χ4n) is 2.89. The van der Waals surface area contributed by atoms with Crippen LogP contribution >= 0.6 is 11.6 Å². The molecular weight excluding hydrogens is 282 g/mol. The molecular formula is C17H28ClN3. The van der Waals surface area contributed by atoms with E-state index >= 15 is 0 Å². The molecule has 1 aromatic rings. The fraction of sp³-hybridized carbons (Fsp3) is 0.647. The normalized spacial score (nSPS) is 19.0. The molecule has 1 heterocycles. The van der Waals surface area contributed by atoms with Crippen molar-refractivity contribution in [3.8, 4) is 0 Å². The molecule has 0 amide bonds. The molecule has 1 aliphatic heterocycles. The van der Waals surface area contributed by atoms with E-state index in [0.29, 0.717) is 0 Å². The summed E-state index contributed by atoms with van der Waals surface area (Å²) >= 11 is 6.52. The maximum Gasteiger partial charge on any atom is 0.0642 e. The second-order valence-electron chi connectivity index (χ2n) is 6.58. The maximum atomic E-state index is 6.52. The number of para-hydroxylation sites is 1. The SMILES string of the molecule is CCCNCc1cccc(Cl)c1N1CCN(C)C(C)(C)C1. The molecule has 4 heteroatoms. The van der Waals surface area contributed by atoms with Gasteiger partial charge in [-0.15, -0.1) is 0 Å². The third kappa shape index (κ3) is 3.91. The Kier molecular flexibility index (Phi) is 5.53. The van der Waals surface area contributed by atoms with Gasteiger partial charge in [0, 0.05) is 31.7 Å². The number of hydrogen-bond donors (Lipinski definition) is 1. The summed E-state index contributed by atoms with van der Waals surface area (Å²) in [5, 5.41) is 4.36. The van der Waals surface area contributed by atoms with Crippen molar-refractivity contribution in [1.82, 2.24) is 10.2 Å². The van der Waals surface area contributed by atoms with Gasteiger partial charge in [0.1, 0.15) is 0 Å². The van der Waals surface area contributed by atoms with Gasteiger partial charge in [-0.3, -0.25) is 4.90 Å². The quantitative estimate of drug-likeness (QED) is 0.841. The topological polar surface area (TPSA) is 18.5 Å². The van der Waals surface area contributed by atoms with E-state index in [1.807, 2.05) is 6.07 Å². The first-order chi connectivity index (χ1) is 9.95. The molecule has 3 nitrogen and oxygen atoms in total. The Balaban J connectivity index is 2.22. The van der Waals surface area contributed by atoms with Gasteiger partial charge in [0.05, 0.1) is 10.7 Å². The van der Waals surface area contributed by atoms with E-state index in [1.165, 1.54) is 11.3 Å². The lowest BCUT2D eigenvalue weighted by Crippen LogP contribution is -2.58. The van der Waals surface area contributed by atoms with Crippen LogP contribution in [-0.2, 0) is 6.54 Å². The molecule has 0 aliphatic carbocycles. The predicted octanol–water partition coefficient (Wildman–Crippen LogP) is 3.37. The Hall–Kier alpha value is -0.770. The predicted molar refractivity (Wildman–Crippen MR) is 92.4 cm³/mol. The van der Waals surface area contributed by atoms with E-state index in [4.69, 9.17) is 11.6 Å². The van der Waals surface area contributed by atoms with Crippen molar-refractivity contribution in [3.63, 3.8) is 0 Å². The van der Waals surface area contributed by atoms with Crippen molar-refractivity contribution >= 4 is 17.3 Å². The summed E-state index contributed by atoms with van der Waals surface area (Å²) in [4.78, 5) is 4.88. The van der Waals surface area contributed by atoms with Crippen molar-refractivity contribution in [2.24, 2.45) is 0 Å². The van der Waals surface area contributed by atoms with Crippen molar-refractivity contribution in [3.05, 3.63) is 28.8 Å². The van der Waals surface area contributed by atoms with Gasteiger partial charge in [-0.1, -0.05) is 30.7 Å². The molecule has 21 heavy (non-hydrogen) atoms. The van der Waals surface area contributed by atoms with Gasteiger partial charge in [-0.2, -0.15) is 0 Å². The standard InChI is InChI=1S/C17H28ClN3/c1-5-9-19-12-14-7-6-8-15(18)16(14)21-11-10-20(4)17(2,3)13-21/h6-8,19H,5,9-13H2,1-4H3. The van der Waals surface area contributed by atoms with Crippen LogP contribution < -0.4 is 10.2 Å². The smallest absolute Gasteiger partial charge is 0.0642 e. The van der Waals surface area contributed by atoms with Gasteiger partial charge in [-0.25, -0.2) is 0 Å². The number of rotatable bonds is 5. The minimum absolute atomic E-state index is 0.172. The Morgan fingerprint density at radius 1 is 1.29 bits per heavy atom. The van der Waals surface area contributed by atoms with Crippen LogP contribution in [0.4, 0.5) is 5.69 Å². The molecule has 1 aliphatic rings. The lowest BCUT2D eigenvalue weighted by atomic mass is 9.98. The molecule has 1 N–H and O–H groups in total. The summed E-state index contributed by atoms with van der Waals surface area (Å²) in [6.45, 7) is 11.8. The minimum Gasteiger partial charge on any atom is -0.367 e. The second-order valence-corrected chi connectivity index (χ2v) is 6.99. The summed E-state index contributed by atoms with van der Waals surface area (Å²) in [5.74, 6) is 0. The van der Waals surface area contributed by atoms with Crippen LogP contribution in [0.1, 0.15) is 32.8 Å². The van der Waals surface area contributed by atoms with E-state index in [-0.39, 0.29) is 5.54 Å². The monoisotopic (exact) mass is 309 g/mol. The number of piperazine rings is 1. The Labute approximate surface area is 134 Å². The maximum absolute atomic E-state index is 6.52. The molecule has 1 saturated heterocycles.